The number of aliphatic hydroxyl groups is 1. The van der Waals surface area contributed by atoms with Crippen molar-refractivity contribution in [3.8, 4) is 11.5 Å². The lowest BCUT2D eigenvalue weighted by Crippen LogP contribution is -2.54. The minimum Gasteiger partial charge on any atom is -0.493 e. The Labute approximate surface area is 193 Å². The molecule has 1 aliphatic heterocycles. The Bertz CT molecular complexity index is 1010. The number of aliphatic hydroxyl groups excluding tert-OH is 1. The van der Waals surface area contributed by atoms with Gasteiger partial charge in [0.25, 0.3) is 11.8 Å². The van der Waals surface area contributed by atoms with Crippen LogP contribution in [0.3, 0.4) is 0 Å². The number of thiocarbonyl (C=S) groups is 1. The molecule has 30 heavy (non-hydrogen) atoms. The summed E-state index contributed by atoms with van der Waals surface area (Å²) in [5.41, 5.74) is 2.27. The van der Waals surface area contributed by atoms with E-state index in [0.29, 0.717) is 22.7 Å². The van der Waals surface area contributed by atoms with E-state index in [9.17, 15) is 9.59 Å². The molecule has 1 aliphatic rings. The zero-order valence-corrected chi connectivity index (χ0v) is 19.8. The van der Waals surface area contributed by atoms with Gasteiger partial charge in [0, 0.05) is 7.11 Å². The van der Waals surface area contributed by atoms with Crippen LogP contribution in [0.2, 0.25) is 0 Å². The summed E-state index contributed by atoms with van der Waals surface area (Å²) in [7, 11) is 4.08. The fraction of sp³-hybridized carbons (Fsp3) is 0.190. The van der Waals surface area contributed by atoms with Crippen molar-refractivity contribution in [2.45, 2.75) is 6.92 Å². The van der Waals surface area contributed by atoms with Crippen LogP contribution in [0.4, 0.5) is 5.69 Å². The maximum Gasteiger partial charge on any atom is 0.270 e. The van der Waals surface area contributed by atoms with Crippen molar-refractivity contribution in [3.05, 3.63) is 56.7 Å². The zero-order valence-electron chi connectivity index (χ0n) is 16.9. The average Bonchev–Trinajstić information content (AvgIpc) is 2.73. The topological polar surface area (TPSA) is 88.1 Å². The summed E-state index contributed by atoms with van der Waals surface area (Å²) in [5.74, 6) is 0.0773. The Kier molecular flexibility index (Phi) is 8.33. The molecule has 0 radical (unpaired) electrons. The van der Waals surface area contributed by atoms with Gasteiger partial charge in [-0.15, -0.1) is 0 Å². The maximum atomic E-state index is 13.1. The predicted molar refractivity (Wildman–Crippen MR) is 128 cm³/mol. The van der Waals surface area contributed by atoms with E-state index < -0.39 is 11.8 Å². The quantitative estimate of drug-likeness (QED) is 0.269. The third-order valence-corrected chi connectivity index (χ3v) is 5.25. The number of ether oxygens (including phenoxy) is 2. The maximum absolute atomic E-state index is 13.1. The van der Waals surface area contributed by atoms with Crippen molar-refractivity contribution in [2.24, 2.45) is 0 Å². The van der Waals surface area contributed by atoms with E-state index in [0.717, 1.165) is 16.2 Å². The highest BCUT2D eigenvalue weighted by atomic mass is 127. The Balaban J connectivity index is 0.00000155. The van der Waals surface area contributed by atoms with Gasteiger partial charge in [-0.2, -0.15) is 0 Å². The first-order chi connectivity index (χ1) is 14.3. The van der Waals surface area contributed by atoms with Gasteiger partial charge in [0.2, 0.25) is 0 Å². The number of hydrogen-bond donors (Lipinski definition) is 2. The SMILES string of the molecule is CO.COc1cc(/C=C2\C(=O)NC(=S)N(c3ccc(C)cc3)C2=O)cc(I)c1OC. The number of anilines is 1. The number of nitrogens with one attached hydrogen (secondary N) is 1. The number of benzene rings is 2. The third kappa shape index (κ3) is 4.97. The number of carbonyl (C=O) groups excluding carboxylic acids is 2. The summed E-state index contributed by atoms with van der Waals surface area (Å²) >= 11 is 7.32. The predicted octanol–water partition coefficient (Wildman–Crippen LogP) is 3.06. The van der Waals surface area contributed by atoms with Gasteiger partial charge in [-0.25, -0.2) is 0 Å². The van der Waals surface area contributed by atoms with E-state index >= 15 is 0 Å². The van der Waals surface area contributed by atoms with Gasteiger partial charge in [0.05, 0.1) is 23.5 Å². The van der Waals surface area contributed by atoms with Crippen LogP contribution in [-0.2, 0) is 9.59 Å². The summed E-state index contributed by atoms with van der Waals surface area (Å²) in [4.78, 5) is 26.8. The monoisotopic (exact) mass is 540 g/mol. The Morgan fingerprint density at radius 1 is 1.10 bits per heavy atom. The molecule has 0 spiro atoms. The molecule has 1 fully saturated rings. The molecule has 2 aromatic rings. The minimum atomic E-state index is -0.539. The molecule has 0 aromatic heterocycles. The molecule has 2 amide bonds. The van der Waals surface area contributed by atoms with Crippen LogP contribution in [-0.4, -0.2) is 43.4 Å². The molecule has 2 aromatic carbocycles. The number of carbonyl (C=O) groups is 2. The molecule has 0 atom stereocenters. The van der Waals surface area contributed by atoms with E-state index in [4.69, 9.17) is 26.8 Å². The van der Waals surface area contributed by atoms with Gasteiger partial charge >= 0.3 is 0 Å². The number of nitrogens with zero attached hydrogens (tertiary/aromatic N) is 1. The van der Waals surface area contributed by atoms with Crippen LogP contribution in [0.25, 0.3) is 6.08 Å². The normalized spacial score (nSPS) is 14.8. The van der Waals surface area contributed by atoms with Crippen LogP contribution < -0.4 is 19.7 Å². The number of halogens is 1. The van der Waals surface area contributed by atoms with Crippen molar-refractivity contribution in [3.63, 3.8) is 0 Å². The molecule has 0 aliphatic carbocycles. The van der Waals surface area contributed by atoms with Crippen LogP contribution >= 0.6 is 34.8 Å². The lowest BCUT2D eigenvalue weighted by atomic mass is 10.1. The molecule has 0 unspecified atom stereocenters. The van der Waals surface area contributed by atoms with Crippen LogP contribution in [0, 0.1) is 10.5 Å². The highest BCUT2D eigenvalue weighted by molar-refractivity contribution is 14.1. The van der Waals surface area contributed by atoms with Crippen molar-refractivity contribution in [2.75, 3.05) is 26.2 Å². The molecule has 9 heteroatoms. The van der Waals surface area contributed by atoms with E-state index in [-0.39, 0.29) is 10.7 Å². The van der Waals surface area contributed by atoms with Crippen molar-refractivity contribution < 1.29 is 24.2 Å². The first-order valence-electron chi connectivity index (χ1n) is 8.70. The Morgan fingerprint density at radius 2 is 1.73 bits per heavy atom. The number of aryl methyl sites for hydroxylation is 1. The second-order valence-electron chi connectivity index (χ2n) is 6.03. The largest absolute Gasteiger partial charge is 0.493 e. The minimum absolute atomic E-state index is 0.0165. The van der Waals surface area contributed by atoms with Crippen LogP contribution in [0.1, 0.15) is 11.1 Å². The molecule has 1 saturated heterocycles. The molecule has 0 bridgehead atoms. The van der Waals surface area contributed by atoms with Crippen molar-refractivity contribution in [1.29, 1.82) is 0 Å². The van der Waals surface area contributed by atoms with Gasteiger partial charge in [0.1, 0.15) is 5.57 Å². The summed E-state index contributed by atoms with van der Waals surface area (Å²) in [6.07, 6.45) is 1.52. The number of rotatable bonds is 4. The Hall–Kier alpha value is -2.50. The molecule has 2 N–H and O–H groups in total. The molecule has 3 rings (SSSR count). The molecule has 7 nitrogen and oxygen atoms in total. The first kappa shape index (κ1) is 23.8. The number of methoxy groups -OCH3 is 2. The lowest BCUT2D eigenvalue weighted by Gasteiger charge is -2.29. The standard InChI is InChI=1S/C20H17IN2O4S.CH4O/c1-11-4-6-13(7-5-11)23-19(25)14(18(24)22-20(23)28)8-12-9-15(21)17(27-3)16(10-12)26-2;1-2/h4-10H,1-3H3,(H,22,24,28);2H,1H3/b14-8+;. The van der Waals surface area contributed by atoms with Crippen LogP contribution in [0.5, 0.6) is 11.5 Å². The van der Waals surface area contributed by atoms with Gasteiger partial charge in [-0.3, -0.25) is 19.8 Å². The fourth-order valence-corrected chi connectivity index (χ4v) is 3.90. The summed E-state index contributed by atoms with van der Waals surface area (Å²) in [5, 5.41) is 9.63. The van der Waals surface area contributed by atoms with E-state index in [1.165, 1.54) is 18.1 Å². The number of hydrogen-bond acceptors (Lipinski definition) is 6. The van der Waals surface area contributed by atoms with Crippen LogP contribution in [0.15, 0.2) is 42.0 Å². The number of amides is 2. The fourth-order valence-electron chi connectivity index (χ4n) is 2.77. The highest BCUT2D eigenvalue weighted by Crippen LogP contribution is 2.34. The molecule has 158 valence electrons. The van der Waals surface area contributed by atoms with Crippen molar-refractivity contribution in [1.82, 2.24) is 5.32 Å². The molecular weight excluding hydrogens is 519 g/mol. The average molecular weight is 540 g/mol. The summed E-state index contributed by atoms with van der Waals surface area (Å²) in [6, 6.07) is 10.8. The summed E-state index contributed by atoms with van der Waals surface area (Å²) < 4.78 is 11.5. The smallest absolute Gasteiger partial charge is 0.270 e. The third-order valence-electron chi connectivity index (χ3n) is 4.16. The van der Waals surface area contributed by atoms with Gasteiger partial charge in [0.15, 0.2) is 16.6 Å². The summed E-state index contributed by atoms with van der Waals surface area (Å²) in [6.45, 7) is 1.95. The van der Waals surface area contributed by atoms with E-state index in [1.54, 1.807) is 31.4 Å². The second-order valence-corrected chi connectivity index (χ2v) is 7.58. The van der Waals surface area contributed by atoms with Crippen molar-refractivity contribution >= 4 is 63.5 Å². The molecule has 0 saturated carbocycles. The van der Waals surface area contributed by atoms with Gasteiger partial charge in [-0.05, 0) is 77.6 Å². The zero-order chi connectivity index (χ0) is 22.4. The first-order valence-corrected chi connectivity index (χ1v) is 10.2. The Morgan fingerprint density at radius 3 is 2.30 bits per heavy atom. The lowest BCUT2D eigenvalue weighted by molar-refractivity contribution is -0.122. The van der Waals surface area contributed by atoms with E-state index in [1.807, 2.05) is 19.1 Å². The van der Waals surface area contributed by atoms with E-state index in [2.05, 4.69) is 27.9 Å². The molecular formula is C21H21IN2O5S. The van der Waals surface area contributed by atoms with Gasteiger partial charge in [-0.1, -0.05) is 17.7 Å². The van der Waals surface area contributed by atoms with Gasteiger partial charge < -0.3 is 14.6 Å². The second kappa shape index (κ2) is 10.5. The molecule has 1 heterocycles. The highest BCUT2D eigenvalue weighted by Gasteiger charge is 2.34.